The summed E-state index contributed by atoms with van der Waals surface area (Å²) in [6.45, 7) is 3.79. The predicted molar refractivity (Wildman–Crippen MR) is 33.1 cm³/mol. The molecule has 0 spiro atoms. The molecule has 0 aliphatic carbocycles. The predicted octanol–water partition coefficient (Wildman–Crippen LogP) is 1.21. The van der Waals surface area contributed by atoms with Gasteiger partial charge in [-0.3, -0.25) is 0 Å². The monoisotopic (exact) mass is 150 g/mol. The van der Waals surface area contributed by atoms with E-state index in [1.807, 2.05) is 13.8 Å². The van der Waals surface area contributed by atoms with Gasteiger partial charge in [0.2, 0.25) is 0 Å². The molecule has 0 saturated heterocycles. The van der Waals surface area contributed by atoms with Gasteiger partial charge in [-0.25, -0.2) is 0 Å². The second kappa shape index (κ2) is 4.86. The van der Waals surface area contributed by atoms with Crippen molar-refractivity contribution in [3.05, 3.63) is 0 Å². The van der Waals surface area contributed by atoms with Crippen molar-refractivity contribution in [1.82, 2.24) is 0 Å². The third-order valence-electron chi connectivity index (χ3n) is 1.15. The second-order valence-electron chi connectivity index (χ2n) is 1.77. The van der Waals surface area contributed by atoms with E-state index in [9.17, 15) is 9.46 Å². The van der Waals surface area contributed by atoms with Crippen molar-refractivity contribution in [2.24, 2.45) is 0 Å². The Bertz CT molecular complexity index is 90.2. The molecule has 0 aliphatic rings. The molecule has 0 saturated carbocycles. The van der Waals surface area contributed by atoms with Crippen LogP contribution in [0, 0.1) is 0 Å². The zero-order valence-corrected chi connectivity index (χ0v) is 6.56. The summed E-state index contributed by atoms with van der Waals surface area (Å²) in [7, 11) is -2.65. The van der Waals surface area contributed by atoms with E-state index in [1.165, 1.54) is 0 Å². The summed E-state index contributed by atoms with van der Waals surface area (Å²) in [5.41, 5.74) is 0. The Labute approximate surface area is 56.0 Å². The third kappa shape index (κ3) is 4.52. The van der Waals surface area contributed by atoms with Crippen molar-refractivity contribution in [2.75, 3.05) is 0 Å². The second-order valence-corrected chi connectivity index (χ2v) is 2.43. The highest BCUT2D eigenvalue weighted by Gasteiger charge is 2.11. The van der Waals surface area contributed by atoms with E-state index in [1.54, 1.807) is 0 Å². The molecule has 3 nitrogen and oxygen atoms in total. The average molecular weight is 150 g/mol. The van der Waals surface area contributed by atoms with Crippen LogP contribution in [0.3, 0.4) is 0 Å². The zero-order valence-electron chi connectivity index (χ0n) is 5.66. The summed E-state index contributed by atoms with van der Waals surface area (Å²) in [4.78, 5) is 9.94. The van der Waals surface area contributed by atoms with Crippen LogP contribution in [0.2, 0.25) is 0 Å². The van der Waals surface area contributed by atoms with Crippen LogP contribution >= 0.6 is 8.25 Å². The molecule has 0 bridgehead atoms. The van der Waals surface area contributed by atoms with Gasteiger partial charge in [0.25, 0.3) is 0 Å². The molecular weight excluding hydrogens is 139 g/mol. The lowest BCUT2D eigenvalue weighted by Crippen LogP contribution is -2.07. The lowest BCUT2D eigenvalue weighted by Gasteiger charge is -2.03. The van der Waals surface area contributed by atoms with Crippen molar-refractivity contribution in [2.45, 2.75) is 32.8 Å². The molecule has 1 unspecified atom stereocenters. The Hall–Kier alpha value is 0.0200. The van der Waals surface area contributed by atoms with Gasteiger partial charge in [-0.2, -0.15) is 0 Å². The van der Waals surface area contributed by atoms with Crippen LogP contribution < -0.4 is 4.89 Å². The molecule has 0 aliphatic heterocycles. The normalized spacial score (nSPS) is 12.2. The van der Waals surface area contributed by atoms with Gasteiger partial charge in [-0.1, -0.05) is 13.8 Å². The van der Waals surface area contributed by atoms with Gasteiger partial charge in [-0.15, -0.1) is 4.52 Å². The summed E-state index contributed by atoms with van der Waals surface area (Å²) in [6.07, 6.45) is 1.38. The number of hydrogen-bond acceptors (Lipinski definition) is 3. The highest BCUT2D eigenvalue weighted by atomic mass is 31.1. The lowest BCUT2D eigenvalue weighted by atomic mass is 10.2. The smallest absolute Gasteiger partial charge is 0.488 e. The van der Waals surface area contributed by atoms with Crippen molar-refractivity contribution in [1.29, 1.82) is 0 Å². The van der Waals surface area contributed by atoms with E-state index in [0.29, 0.717) is 0 Å². The van der Waals surface area contributed by atoms with Crippen LogP contribution in [-0.2, 0) is 9.09 Å². The van der Waals surface area contributed by atoms with E-state index in [4.69, 9.17) is 0 Å². The number of rotatable bonds is 4. The molecule has 0 amide bonds. The Kier molecular flexibility index (Phi) is 4.87. The topological polar surface area (TPSA) is 49.4 Å². The highest BCUT2D eigenvalue weighted by molar-refractivity contribution is 7.30. The van der Waals surface area contributed by atoms with Gasteiger partial charge >= 0.3 is 8.25 Å². The zero-order chi connectivity index (χ0) is 7.28. The van der Waals surface area contributed by atoms with Gasteiger partial charge in [0.05, 0.1) is 0 Å². The average Bonchev–Trinajstić information content (AvgIpc) is 1.82. The molecule has 0 aromatic carbocycles. The van der Waals surface area contributed by atoms with Crippen molar-refractivity contribution >= 4 is 8.25 Å². The fourth-order valence-corrected chi connectivity index (χ4v) is 1.10. The Morgan fingerprint density at radius 2 is 2.00 bits per heavy atom. The molecule has 0 radical (unpaired) electrons. The first kappa shape index (κ1) is 9.02. The van der Waals surface area contributed by atoms with E-state index >= 15 is 0 Å². The van der Waals surface area contributed by atoms with E-state index in [2.05, 4.69) is 4.52 Å². The van der Waals surface area contributed by atoms with Crippen LogP contribution in [0.15, 0.2) is 0 Å². The molecule has 9 heavy (non-hydrogen) atoms. The largest absolute Gasteiger partial charge is 0.566 e. The van der Waals surface area contributed by atoms with Gasteiger partial charge in [0.15, 0.2) is 0 Å². The summed E-state index contributed by atoms with van der Waals surface area (Å²) in [6, 6.07) is 0. The van der Waals surface area contributed by atoms with Crippen LogP contribution in [0.25, 0.3) is 0 Å². The molecule has 54 valence electrons. The molecule has 0 N–H and O–H groups in total. The van der Waals surface area contributed by atoms with Crippen LogP contribution in [0.5, 0.6) is 0 Å². The lowest BCUT2D eigenvalue weighted by molar-refractivity contribution is -0.189. The van der Waals surface area contributed by atoms with Crippen molar-refractivity contribution < 1.29 is 14.0 Å². The third-order valence-corrected chi connectivity index (χ3v) is 1.62. The fraction of sp³-hybridized carbons (Fsp3) is 1.00. The molecule has 1 atom stereocenters. The van der Waals surface area contributed by atoms with E-state index in [-0.39, 0.29) is 6.10 Å². The molecule has 0 rings (SSSR count). The molecule has 0 fully saturated rings. The van der Waals surface area contributed by atoms with Gasteiger partial charge in [0.1, 0.15) is 6.10 Å². The van der Waals surface area contributed by atoms with Crippen molar-refractivity contribution in [3.63, 3.8) is 0 Å². The van der Waals surface area contributed by atoms with Crippen LogP contribution in [-0.4, -0.2) is 6.10 Å². The molecule has 0 heterocycles. The van der Waals surface area contributed by atoms with Crippen molar-refractivity contribution in [3.8, 4) is 0 Å². The standard InChI is InChI=1S/C5H11O3P/c1-3-5(4-2)8-9(6)7/h5H,3-4H2,1-2H3. The van der Waals surface area contributed by atoms with Crippen LogP contribution in [0.1, 0.15) is 26.7 Å². The Morgan fingerprint density at radius 3 is 2.11 bits per heavy atom. The highest BCUT2D eigenvalue weighted by Crippen LogP contribution is 2.17. The first-order chi connectivity index (χ1) is 4.20. The van der Waals surface area contributed by atoms with E-state index in [0.717, 1.165) is 12.8 Å². The SMILES string of the molecule is CCC(CC)O[P+](=O)[O-]. The maximum Gasteiger partial charge on any atom is 0.488 e. The van der Waals surface area contributed by atoms with Gasteiger partial charge < -0.3 is 4.89 Å². The summed E-state index contributed by atoms with van der Waals surface area (Å²) in [5, 5.41) is 0. The minimum absolute atomic E-state index is 0.119. The summed E-state index contributed by atoms with van der Waals surface area (Å²) in [5.74, 6) is 0. The van der Waals surface area contributed by atoms with Gasteiger partial charge in [-0.05, 0) is 17.4 Å². The maximum atomic E-state index is 9.94. The molecule has 4 heteroatoms. The van der Waals surface area contributed by atoms with Gasteiger partial charge in [0, 0.05) is 0 Å². The van der Waals surface area contributed by atoms with Crippen LogP contribution in [0.4, 0.5) is 0 Å². The molecular formula is C5H11O3P. The minimum atomic E-state index is -2.65. The molecule has 0 aromatic heterocycles. The Balaban J connectivity index is 3.43. The first-order valence-corrected chi connectivity index (χ1v) is 4.11. The molecule has 0 aromatic rings. The first-order valence-electron chi connectivity index (χ1n) is 3.01. The van der Waals surface area contributed by atoms with E-state index < -0.39 is 8.25 Å². The summed E-state index contributed by atoms with van der Waals surface area (Å²) < 4.78 is 14.4. The summed E-state index contributed by atoms with van der Waals surface area (Å²) >= 11 is 0. The minimum Gasteiger partial charge on any atom is -0.566 e. The maximum absolute atomic E-state index is 9.94. The quantitative estimate of drug-likeness (QED) is 0.566. The Morgan fingerprint density at radius 1 is 1.56 bits per heavy atom. The fourth-order valence-electron chi connectivity index (χ4n) is 0.559. The number of hydrogen-bond donors (Lipinski definition) is 0.